The van der Waals surface area contributed by atoms with E-state index in [0.29, 0.717) is 11.7 Å². The van der Waals surface area contributed by atoms with Crippen molar-refractivity contribution in [1.29, 1.82) is 0 Å². The highest BCUT2D eigenvalue weighted by Crippen LogP contribution is 2.20. The van der Waals surface area contributed by atoms with Crippen LogP contribution >= 0.6 is 11.8 Å². The molecule has 1 amide bonds. The zero-order valence-corrected chi connectivity index (χ0v) is 15.3. The first-order valence-electron chi connectivity index (χ1n) is 8.03. The molecule has 0 bridgehead atoms. The van der Waals surface area contributed by atoms with E-state index in [-0.39, 0.29) is 17.4 Å². The third-order valence-electron chi connectivity index (χ3n) is 3.95. The molecule has 0 saturated carbocycles. The predicted octanol–water partition coefficient (Wildman–Crippen LogP) is 2.43. The highest BCUT2D eigenvalue weighted by atomic mass is 32.2. The van der Waals surface area contributed by atoms with Crippen molar-refractivity contribution in [2.75, 3.05) is 12.8 Å². The molecule has 0 saturated heterocycles. The smallest absolute Gasteiger partial charge is 0.233 e. The molecule has 8 heteroatoms. The molecule has 0 atom stereocenters. The van der Waals surface area contributed by atoms with Crippen molar-refractivity contribution in [3.8, 4) is 11.4 Å². The molecule has 0 fully saturated rings. The number of thioether (sulfide) groups is 1. The van der Waals surface area contributed by atoms with Gasteiger partial charge in [0.1, 0.15) is 5.75 Å². The van der Waals surface area contributed by atoms with Gasteiger partial charge >= 0.3 is 0 Å². The van der Waals surface area contributed by atoms with E-state index < -0.39 is 0 Å². The summed E-state index contributed by atoms with van der Waals surface area (Å²) in [4.78, 5) is 14.1. The minimum absolute atomic E-state index is 0.00138. The number of tetrazole rings is 1. The van der Waals surface area contributed by atoms with Crippen LogP contribution in [0, 0.1) is 6.92 Å². The van der Waals surface area contributed by atoms with E-state index in [2.05, 4.69) is 15.5 Å². The van der Waals surface area contributed by atoms with E-state index in [1.165, 1.54) is 11.8 Å². The number of phenolic OH excluding ortho intramolecular Hbond substituents is 1. The van der Waals surface area contributed by atoms with E-state index in [1.54, 1.807) is 40.9 Å². The molecule has 0 radical (unpaired) electrons. The maximum absolute atomic E-state index is 12.4. The first-order valence-corrected chi connectivity index (χ1v) is 9.02. The second-order valence-corrected chi connectivity index (χ2v) is 6.80. The van der Waals surface area contributed by atoms with Crippen LogP contribution in [0.4, 0.5) is 0 Å². The Kier molecular flexibility index (Phi) is 5.52. The predicted molar refractivity (Wildman–Crippen MR) is 99.2 cm³/mol. The molecular formula is C18H19N5O2S. The van der Waals surface area contributed by atoms with Gasteiger partial charge in [-0.15, -0.1) is 5.10 Å². The molecule has 3 aromatic rings. The number of carbonyl (C=O) groups is 1. The molecule has 3 rings (SSSR count). The normalized spacial score (nSPS) is 10.7. The SMILES string of the molecule is Cc1ccccc1CN(C)C(=O)CSc1nnnn1-c1ccc(O)cc1. The number of carbonyl (C=O) groups excluding carboxylic acids is 1. The molecule has 1 heterocycles. The van der Waals surface area contributed by atoms with E-state index in [1.807, 2.05) is 31.2 Å². The van der Waals surface area contributed by atoms with Gasteiger partial charge in [0, 0.05) is 13.6 Å². The molecule has 0 aliphatic rings. The molecule has 134 valence electrons. The lowest BCUT2D eigenvalue weighted by atomic mass is 10.1. The molecule has 1 N–H and O–H groups in total. The summed E-state index contributed by atoms with van der Waals surface area (Å²) in [6.45, 7) is 2.60. The number of hydrogen-bond donors (Lipinski definition) is 1. The maximum atomic E-state index is 12.4. The average Bonchev–Trinajstić information content (AvgIpc) is 3.10. The van der Waals surface area contributed by atoms with E-state index in [9.17, 15) is 9.90 Å². The highest BCUT2D eigenvalue weighted by Gasteiger charge is 2.15. The number of amides is 1. The van der Waals surface area contributed by atoms with Gasteiger partial charge in [0.25, 0.3) is 0 Å². The second kappa shape index (κ2) is 8.01. The molecule has 0 spiro atoms. The highest BCUT2D eigenvalue weighted by molar-refractivity contribution is 7.99. The monoisotopic (exact) mass is 369 g/mol. The van der Waals surface area contributed by atoms with Gasteiger partial charge < -0.3 is 10.0 Å². The van der Waals surface area contributed by atoms with Crippen LogP contribution in [0.1, 0.15) is 11.1 Å². The third-order valence-corrected chi connectivity index (χ3v) is 4.86. The minimum Gasteiger partial charge on any atom is -0.508 e. The van der Waals surface area contributed by atoms with Crippen molar-refractivity contribution in [2.24, 2.45) is 0 Å². The molecule has 2 aromatic carbocycles. The Morgan fingerprint density at radius 2 is 1.92 bits per heavy atom. The Hall–Kier alpha value is -2.87. The van der Waals surface area contributed by atoms with Crippen molar-refractivity contribution in [3.63, 3.8) is 0 Å². The van der Waals surface area contributed by atoms with Crippen molar-refractivity contribution in [1.82, 2.24) is 25.1 Å². The number of phenols is 1. The molecular weight excluding hydrogens is 350 g/mol. The number of aryl methyl sites for hydroxylation is 1. The van der Waals surface area contributed by atoms with Gasteiger partial charge in [-0.25, -0.2) is 0 Å². The maximum Gasteiger partial charge on any atom is 0.233 e. The summed E-state index contributed by atoms with van der Waals surface area (Å²) in [5.74, 6) is 0.406. The Labute approximate surface area is 155 Å². The van der Waals surface area contributed by atoms with E-state index >= 15 is 0 Å². The van der Waals surface area contributed by atoms with Crippen LogP contribution in [0.2, 0.25) is 0 Å². The van der Waals surface area contributed by atoms with Crippen molar-refractivity contribution in [2.45, 2.75) is 18.6 Å². The molecule has 0 aliphatic heterocycles. The van der Waals surface area contributed by atoms with Crippen LogP contribution in [0.15, 0.2) is 53.7 Å². The molecule has 1 aromatic heterocycles. The minimum atomic E-state index is -0.00138. The van der Waals surface area contributed by atoms with Gasteiger partial charge in [-0.1, -0.05) is 36.0 Å². The van der Waals surface area contributed by atoms with Gasteiger partial charge in [0.2, 0.25) is 11.1 Å². The summed E-state index contributed by atoms with van der Waals surface area (Å²) < 4.78 is 1.54. The van der Waals surface area contributed by atoms with E-state index in [0.717, 1.165) is 16.8 Å². The molecule has 0 aliphatic carbocycles. The fourth-order valence-corrected chi connectivity index (χ4v) is 3.22. The number of benzene rings is 2. The summed E-state index contributed by atoms with van der Waals surface area (Å²) in [7, 11) is 1.79. The fraction of sp³-hybridized carbons (Fsp3) is 0.222. The lowest BCUT2D eigenvalue weighted by Gasteiger charge is -2.18. The number of nitrogens with zero attached hydrogens (tertiary/aromatic N) is 5. The quantitative estimate of drug-likeness (QED) is 0.672. The lowest BCUT2D eigenvalue weighted by Crippen LogP contribution is -2.28. The van der Waals surface area contributed by atoms with E-state index in [4.69, 9.17) is 0 Å². The average molecular weight is 369 g/mol. The van der Waals surface area contributed by atoms with Gasteiger partial charge in [-0.05, 0) is 52.7 Å². The van der Waals surface area contributed by atoms with Crippen LogP contribution in [0.3, 0.4) is 0 Å². The number of rotatable bonds is 6. The topological polar surface area (TPSA) is 84.1 Å². The lowest BCUT2D eigenvalue weighted by molar-refractivity contribution is -0.127. The Morgan fingerprint density at radius 3 is 2.65 bits per heavy atom. The second-order valence-electron chi connectivity index (χ2n) is 5.85. The summed E-state index contributed by atoms with van der Waals surface area (Å²) in [5.41, 5.74) is 3.01. The van der Waals surface area contributed by atoms with Crippen LogP contribution in [-0.2, 0) is 11.3 Å². The fourth-order valence-electron chi connectivity index (χ4n) is 2.39. The zero-order valence-electron chi connectivity index (χ0n) is 14.5. The third kappa shape index (κ3) is 4.20. The first-order chi connectivity index (χ1) is 12.5. The summed E-state index contributed by atoms with van der Waals surface area (Å²) in [6, 6.07) is 14.6. The summed E-state index contributed by atoms with van der Waals surface area (Å²) >= 11 is 1.28. The van der Waals surface area contributed by atoms with Gasteiger partial charge in [-0.3, -0.25) is 4.79 Å². The van der Waals surface area contributed by atoms with Crippen LogP contribution in [-0.4, -0.2) is 48.9 Å². The molecule has 26 heavy (non-hydrogen) atoms. The van der Waals surface area contributed by atoms with Crippen LogP contribution in [0.25, 0.3) is 5.69 Å². The van der Waals surface area contributed by atoms with Crippen LogP contribution < -0.4 is 0 Å². The molecule has 0 unspecified atom stereocenters. The Bertz CT molecular complexity index is 895. The van der Waals surface area contributed by atoms with Crippen molar-refractivity contribution < 1.29 is 9.90 Å². The van der Waals surface area contributed by atoms with Crippen molar-refractivity contribution >= 4 is 17.7 Å². The number of aromatic hydroxyl groups is 1. The zero-order chi connectivity index (χ0) is 18.5. The number of aromatic nitrogens is 4. The molecule has 7 nitrogen and oxygen atoms in total. The van der Waals surface area contributed by atoms with Crippen molar-refractivity contribution in [3.05, 3.63) is 59.7 Å². The van der Waals surface area contributed by atoms with Gasteiger partial charge in [-0.2, -0.15) is 4.68 Å². The first kappa shape index (κ1) is 17.9. The van der Waals surface area contributed by atoms with Gasteiger partial charge in [0.15, 0.2) is 0 Å². The Balaban J connectivity index is 1.62. The standard InChI is InChI=1S/C18H19N5O2S/c1-13-5-3-4-6-14(13)11-22(2)17(25)12-26-18-19-20-21-23(18)15-7-9-16(24)10-8-15/h3-10,24H,11-12H2,1-2H3. The summed E-state index contributed by atoms with van der Waals surface area (Å²) in [5, 5.41) is 21.5. The summed E-state index contributed by atoms with van der Waals surface area (Å²) in [6.07, 6.45) is 0. The largest absolute Gasteiger partial charge is 0.508 e. The van der Waals surface area contributed by atoms with Crippen LogP contribution in [0.5, 0.6) is 5.75 Å². The Morgan fingerprint density at radius 1 is 1.19 bits per heavy atom. The van der Waals surface area contributed by atoms with Gasteiger partial charge in [0.05, 0.1) is 11.4 Å². The number of hydrogen-bond acceptors (Lipinski definition) is 6.